The Morgan fingerprint density at radius 2 is 1.94 bits per heavy atom. The molecule has 1 unspecified atom stereocenters. The molecule has 0 radical (unpaired) electrons. The molecule has 6 heteroatoms. The summed E-state index contributed by atoms with van der Waals surface area (Å²) in [5.41, 5.74) is 13.1. The lowest BCUT2D eigenvalue weighted by molar-refractivity contribution is 0.0748. The number of anilines is 1. The van der Waals surface area contributed by atoms with Crippen LogP contribution < -0.4 is 5.73 Å². The molecule has 0 spiro atoms. The summed E-state index contributed by atoms with van der Waals surface area (Å²) in [6.45, 7) is 5.03. The molecule has 34 heavy (non-hydrogen) atoms. The van der Waals surface area contributed by atoms with Gasteiger partial charge in [-0.05, 0) is 91.6 Å². The van der Waals surface area contributed by atoms with Crippen LogP contribution in [0.4, 0.5) is 5.82 Å². The summed E-state index contributed by atoms with van der Waals surface area (Å²) < 4.78 is 0. The van der Waals surface area contributed by atoms with Crippen molar-refractivity contribution < 1.29 is 4.79 Å². The van der Waals surface area contributed by atoms with E-state index >= 15 is 0 Å². The highest BCUT2D eigenvalue weighted by Gasteiger charge is 2.28. The van der Waals surface area contributed by atoms with E-state index in [1.54, 1.807) is 0 Å². The van der Waals surface area contributed by atoms with Crippen molar-refractivity contribution in [3.8, 4) is 11.1 Å². The van der Waals surface area contributed by atoms with Gasteiger partial charge in [-0.1, -0.05) is 18.2 Å². The first-order valence-corrected chi connectivity index (χ1v) is 11.9. The Kier molecular flexibility index (Phi) is 5.97. The minimum Gasteiger partial charge on any atom is -0.383 e. The summed E-state index contributed by atoms with van der Waals surface area (Å²) in [7, 11) is 0. The first kappa shape index (κ1) is 22.0. The molecule has 1 aliphatic rings. The largest absolute Gasteiger partial charge is 0.383 e. The lowest BCUT2D eigenvalue weighted by Crippen LogP contribution is -2.34. The highest BCUT2D eigenvalue weighted by atomic mass is 16.2. The van der Waals surface area contributed by atoms with Crippen LogP contribution in [0.3, 0.4) is 0 Å². The fourth-order valence-electron chi connectivity index (χ4n) is 4.95. The van der Waals surface area contributed by atoms with Gasteiger partial charge in [0, 0.05) is 35.9 Å². The Morgan fingerprint density at radius 1 is 1.12 bits per heavy atom. The number of nitrogens with two attached hydrogens (primary N) is 1. The zero-order valence-corrected chi connectivity index (χ0v) is 19.7. The van der Waals surface area contributed by atoms with Crippen LogP contribution >= 0.6 is 0 Å². The summed E-state index contributed by atoms with van der Waals surface area (Å²) >= 11 is 0. The van der Waals surface area contributed by atoms with Crippen LogP contribution in [0, 0.1) is 6.92 Å². The summed E-state index contributed by atoms with van der Waals surface area (Å²) in [5.74, 6) is 0.664. The van der Waals surface area contributed by atoms with E-state index in [0.717, 1.165) is 76.5 Å². The van der Waals surface area contributed by atoms with Crippen molar-refractivity contribution >= 4 is 22.6 Å². The maximum absolute atomic E-state index is 13.5. The average Bonchev–Trinajstić information content (AvgIpc) is 3.28. The van der Waals surface area contributed by atoms with E-state index in [2.05, 4.69) is 47.0 Å². The van der Waals surface area contributed by atoms with E-state index in [9.17, 15) is 4.79 Å². The molecule has 5 rings (SSSR count). The van der Waals surface area contributed by atoms with Gasteiger partial charge in [0.15, 0.2) is 0 Å². The van der Waals surface area contributed by atoms with Gasteiger partial charge in [-0.15, -0.1) is 0 Å². The van der Waals surface area contributed by atoms with Gasteiger partial charge in [-0.3, -0.25) is 4.79 Å². The zero-order valence-electron chi connectivity index (χ0n) is 19.7. The predicted molar refractivity (Wildman–Crippen MR) is 136 cm³/mol. The number of hydrogen-bond donors (Lipinski definition) is 1. The standard InChI is InChI=1S/C28H29N5O/c1-18-5-3-7-24(28(34)33-12-4-6-19(33)2)26(18)21-10-11-25-23(13-21)14-22(27(29)32-25)9-8-20-15-30-17-31-16-20/h3,5,7,10-11,13-17,19H,4,6,8-9,12H2,1-2H3,(H2,29,32). The monoisotopic (exact) mass is 451 g/mol. The van der Waals surface area contributed by atoms with Crippen molar-refractivity contribution in [2.45, 2.75) is 45.6 Å². The quantitative estimate of drug-likeness (QED) is 0.462. The Hall–Kier alpha value is -3.80. The molecular weight excluding hydrogens is 422 g/mol. The van der Waals surface area contributed by atoms with Gasteiger partial charge >= 0.3 is 0 Å². The van der Waals surface area contributed by atoms with Crippen LogP contribution in [0.2, 0.25) is 0 Å². The number of aryl methyl sites for hydroxylation is 3. The van der Waals surface area contributed by atoms with Crippen molar-refractivity contribution in [1.82, 2.24) is 19.9 Å². The molecule has 1 saturated heterocycles. The van der Waals surface area contributed by atoms with Gasteiger partial charge in [-0.25, -0.2) is 15.0 Å². The summed E-state index contributed by atoms with van der Waals surface area (Å²) in [6, 6.07) is 14.6. The SMILES string of the molecule is Cc1cccc(C(=O)N2CCCC2C)c1-c1ccc2nc(N)c(CCc3cncnc3)cc2c1. The lowest BCUT2D eigenvalue weighted by atomic mass is 9.93. The van der Waals surface area contributed by atoms with Crippen LogP contribution in [-0.2, 0) is 12.8 Å². The molecule has 0 bridgehead atoms. The van der Waals surface area contributed by atoms with Crippen LogP contribution in [0.25, 0.3) is 22.0 Å². The number of nitrogen functional groups attached to an aromatic ring is 1. The number of amides is 1. The number of aromatic nitrogens is 3. The summed E-state index contributed by atoms with van der Waals surface area (Å²) in [4.78, 5) is 28.3. The van der Waals surface area contributed by atoms with Crippen molar-refractivity contribution in [2.24, 2.45) is 0 Å². The zero-order chi connectivity index (χ0) is 23.7. The highest BCUT2D eigenvalue weighted by molar-refractivity contribution is 6.03. The van der Waals surface area contributed by atoms with Gasteiger partial charge in [0.1, 0.15) is 12.1 Å². The third-order valence-corrected chi connectivity index (χ3v) is 6.83. The van der Waals surface area contributed by atoms with Crippen molar-refractivity contribution in [3.63, 3.8) is 0 Å². The smallest absolute Gasteiger partial charge is 0.254 e. The van der Waals surface area contributed by atoms with E-state index in [1.165, 1.54) is 6.33 Å². The normalized spacial score (nSPS) is 15.7. The molecule has 1 atom stereocenters. The van der Waals surface area contributed by atoms with E-state index in [4.69, 9.17) is 5.73 Å². The number of rotatable bonds is 5. The Labute approximate surface area is 199 Å². The number of nitrogens with zero attached hydrogens (tertiary/aromatic N) is 4. The van der Waals surface area contributed by atoms with E-state index in [0.29, 0.717) is 5.82 Å². The second-order valence-electron chi connectivity index (χ2n) is 9.17. The van der Waals surface area contributed by atoms with Gasteiger partial charge in [0.25, 0.3) is 5.91 Å². The topological polar surface area (TPSA) is 85.0 Å². The molecule has 2 aromatic carbocycles. The number of pyridine rings is 1. The molecular formula is C28H29N5O. The molecule has 0 aliphatic carbocycles. The van der Waals surface area contributed by atoms with Crippen LogP contribution in [0.5, 0.6) is 0 Å². The Balaban J connectivity index is 1.52. The number of likely N-dealkylation sites (tertiary alicyclic amines) is 1. The molecule has 1 aliphatic heterocycles. The average molecular weight is 452 g/mol. The molecule has 1 amide bonds. The molecule has 172 valence electrons. The van der Waals surface area contributed by atoms with Crippen molar-refractivity contribution in [1.29, 1.82) is 0 Å². The fraction of sp³-hybridized carbons (Fsp3) is 0.286. The van der Waals surface area contributed by atoms with Crippen molar-refractivity contribution in [2.75, 3.05) is 12.3 Å². The lowest BCUT2D eigenvalue weighted by Gasteiger charge is -2.23. The second kappa shape index (κ2) is 9.21. The van der Waals surface area contributed by atoms with E-state index in [1.807, 2.05) is 41.6 Å². The third kappa shape index (κ3) is 4.23. The fourth-order valence-corrected chi connectivity index (χ4v) is 4.95. The summed E-state index contributed by atoms with van der Waals surface area (Å²) in [5, 5.41) is 1.02. The maximum atomic E-state index is 13.5. The number of carbonyl (C=O) groups is 1. The minimum absolute atomic E-state index is 0.116. The van der Waals surface area contributed by atoms with Crippen molar-refractivity contribution in [3.05, 3.63) is 83.4 Å². The van der Waals surface area contributed by atoms with Crippen LogP contribution in [0.15, 0.2) is 61.2 Å². The molecule has 3 heterocycles. The van der Waals surface area contributed by atoms with Gasteiger partial charge in [0.2, 0.25) is 0 Å². The van der Waals surface area contributed by atoms with Gasteiger partial charge in [-0.2, -0.15) is 0 Å². The number of benzene rings is 2. The molecule has 6 nitrogen and oxygen atoms in total. The predicted octanol–water partition coefficient (Wildman–Crippen LogP) is 4.99. The highest BCUT2D eigenvalue weighted by Crippen LogP contribution is 2.33. The van der Waals surface area contributed by atoms with Gasteiger partial charge in [0.05, 0.1) is 5.52 Å². The first-order valence-electron chi connectivity index (χ1n) is 11.9. The third-order valence-electron chi connectivity index (χ3n) is 6.83. The molecule has 2 aromatic heterocycles. The molecule has 1 fully saturated rings. The van der Waals surface area contributed by atoms with E-state index in [-0.39, 0.29) is 11.9 Å². The summed E-state index contributed by atoms with van der Waals surface area (Å²) in [6.07, 6.45) is 8.87. The van der Waals surface area contributed by atoms with Crippen LogP contribution in [0.1, 0.15) is 46.8 Å². The maximum Gasteiger partial charge on any atom is 0.254 e. The number of fused-ring (bicyclic) bond motifs is 1. The van der Waals surface area contributed by atoms with Gasteiger partial charge < -0.3 is 10.6 Å². The molecule has 4 aromatic rings. The Morgan fingerprint density at radius 3 is 2.71 bits per heavy atom. The van der Waals surface area contributed by atoms with Crippen LogP contribution in [-0.4, -0.2) is 38.3 Å². The minimum atomic E-state index is 0.116. The molecule has 2 N–H and O–H groups in total. The molecule has 0 saturated carbocycles. The number of hydrogen-bond acceptors (Lipinski definition) is 5. The Bertz CT molecular complexity index is 1350. The second-order valence-corrected chi connectivity index (χ2v) is 9.17. The first-order chi connectivity index (χ1) is 16.5. The number of carbonyl (C=O) groups excluding carboxylic acids is 1. The van der Waals surface area contributed by atoms with E-state index < -0.39 is 0 Å².